The molecule has 21 heavy (non-hydrogen) atoms. The molecule has 2 rings (SSSR count). The quantitative estimate of drug-likeness (QED) is 0.627. The van der Waals surface area contributed by atoms with Gasteiger partial charge in [-0.3, -0.25) is 10.2 Å². The summed E-state index contributed by atoms with van der Waals surface area (Å²) in [5, 5.41) is 9.47. The van der Waals surface area contributed by atoms with Crippen LogP contribution in [0.4, 0.5) is 14.5 Å². The van der Waals surface area contributed by atoms with Gasteiger partial charge in [-0.2, -0.15) is 19.0 Å². The number of rotatable bonds is 6. The Bertz CT molecular complexity index is 689. The van der Waals surface area contributed by atoms with Crippen LogP contribution in [-0.2, 0) is 5.75 Å². The molecule has 0 aromatic carbocycles. The maximum absolute atomic E-state index is 12.0. The van der Waals surface area contributed by atoms with E-state index in [1.807, 2.05) is 0 Å². The molecule has 0 unspecified atom stereocenters. The van der Waals surface area contributed by atoms with Gasteiger partial charge in [0.1, 0.15) is 22.2 Å². The number of nitrogens with one attached hydrogen (secondary N) is 2. The topological polar surface area (TPSA) is 83.3 Å². The van der Waals surface area contributed by atoms with Crippen molar-refractivity contribution in [2.75, 3.05) is 5.43 Å². The van der Waals surface area contributed by atoms with Crippen LogP contribution in [0.2, 0.25) is 5.02 Å². The van der Waals surface area contributed by atoms with Gasteiger partial charge in [0.05, 0.1) is 18.2 Å². The first kappa shape index (κ1) is 15.5. The first-order valence-corrected chi connectivity index (χ1v) is 6.99. The van der Waals surface area contributed by atoms with Crippen LogP contribution in [0.3, 0.4) is 0 Å². The number of furan rings is 1. The predicted octanol–water partition coefficient (Wildman–Crippen LogP) is 2.92. The van der Waals surface area contributed by atoms with Gasteiger partial charge in [0.25, 0.3) is 11.3 Å². The molecule has 2 N–H and O–H groups in total. The van der Waals surface area contributed by atoms with E-state index in [1.165, 1.54) is 12.4 Å². The number of anilines is 1. The van der Waals surface area contributed by atoms with Crippen molar-refractivity contribution in [2.24, 2.45) is 5.10 Å². The highest BCUT2D eigenvalue weighted by Gasteiger charge is 2.07. The number of alkyl halides is 2. The molecule has 0 bridgehead atoms. The van der Waals surface area contributed by atoms with E-state index >= 15 is 0 Å². The van der Waals surface area contributed by atoms with Gasteiger partial charge in [0.2, 0.25) is 0 Å². The number of H-pyrrole nitrogens is 1. The van der Waals surface area contributed by atoms with E-state index in [2.05, 4.69) is 20.7 Å². The fraction of sp³-hybridized carbons (Fsp3) is 0.182. The summed E-state index contributed by atoms with van der Waals surface area (Å²) in [6, 6.07) is 3.17. The minimum Gasteiger partial charge on any atom is -0.459 e. The number of hydrazone groups is 1. The van der Waals surface area contributed by atoms with E-state index in [0.29, 0.717) is 23.3 Å². The van der Waals surface area contributed by atoms with E-state index in [4.69, 9.17) is 16.0 Å². The van der Waals surface area contributed by atoms with Gasteiger partial charge in [0.15, 0.2) is 0 Å². The molecule has 0 aliphatic heterocycles. The van der Waals surface area contributed by atoms with Crippen molar-refractivity contribution < 1.29 is 13.2 Å². The molecule has 0 spiro atoms. The molecule has 0 amide bonds. The molecular formula is C11H9ClF2N4O2S. The maximum Gasteiger partial charge on any atom is 0.285 e. The summed E-state index contributed by atoms with van der Waals surface area (Å²) < 4.78 is 29.3. The molecule has 0 aliphatic rings. The Balaban J connectivity index is 1.95. The van der Waals surface area contributed by atoms with E-state index in [1.54, 1.807) is 12.1 Å². The highest BCUT2D eigenvalue weighted by Crippen LogP contribution is 2.20. The molecular weight excluding hydrogens is 326 g/mol. The lowest BCUT2D eigenvalue weighted by atomic mass is 10.4. The number of halogens is 3. The van der Waals surface area contributed by atoms with Gasteiger partial charge in [-0.05, 0) is 12.1 Å². The number of thioether (sulfide) groups is 1. The molecule has 2 aromatic rings. The first-order chi connectivity index (χ1) is 10.1. The van der Waals surface area contributed by atoms with Crippen LogP contribution in [0.25, 0.3) is 0 Å². The van der Waals surface area contributed by atoms with Crippen LogP contribution in [0.15, 0.2) is 32.6 Å². The molecule has 0 saturated carbocycles. The lowest BCUT2D eigenvalue weighted by Gasteiger charge is -1.99. The highest BCUT2D eigenvalue weighted by molar-refractivity contribution is 7.98. The average molecular weight is 335 g/mol. The predicted molar refractivity (Wildman–Crippen MR) is 77.1 cm³/mol. The number of hydrogen-bond donors (Lipinski definition) is 2. The van der Waals surface area contributed by atoms with Crippen molar-refractivity contribution in [3.63, 3.8) is 0 Å². The summed E-state index contributed by atoms with van der Waals surface area (Å²) in [4.78, 5) is 11.2. The van der Waals surface area contributed by atoms with Crippen LogP contribution in [0, 0.1) is 0 Å². The molecule has 112 valence electrons. The summed E-state index contributed by atoms with van der Waals surface area (Å²) in [5.41, 5.74) is 2.22. The fourth-order valence-corrected chi connectivity index (χ4v) is 1.89. The van der Waals surface area contributed by atoms with Crippen molar-refractivity contribution >= 4 is 35.3 Å². The Morgan fingerprint density at radius 3 is 3.14 bits per heavy atom. The smallest absolute Gasteiger partial charge is 0.285 e. The molecule has 2 heterocycles. The normalized spacial score (nSPS) is 11.4. The zero-order valence-electron chi connectivity index (χ0n) is 10.3. The Morgan fingerprint density at radius 2 is 2.38 bits per heavy atom. The van der Waals surface area contributed by atoms with Crippen LogP contribution in [-0.4, -0.2) is 22.2 Å². The Morgan fingerprint density at radius 1 is 1.57 bits per heavy atom. The number of hydrogen-bond acceptors (Lipinski definition) is 6. The summed E-state index contributed by atoms with van der Waals surface area (Å²) >= 11 is 6.20. The SMILES string of the molecule is O=c1[nH]ncc(N/N=C\c2ccc(CSC(F)F)o2)c1Cl. The summed E-state index contributed by atoms with van der Waals surface area (Å²) in [5.74, 6) is -1.58. The standard InChI is InChI=1S/C11H9ClF2N4O2S/c12-9-8(4-16-18-10(9)19)17-15-3-6-1-2-7(20-6)5-21-11(13)14/h1-4,11H,5H2,(H2,17,18,19)/b15-3-. The first-order valence-electron chi connectivity index (χ1n) is 5.57. The van der Waals surface area contributed by atoms with Gasteiger partial charge >= 0.3 is 0 Å². The van der Waals surface area contributed by atoms with E-state index in [-0.39, 0.29) is 16.5 Å². The van der Waals surface area contributed by atoms with E-state index < -0.39 is 11.3 Å². The largest absolute Gasteiger partial charge is 0.459 e. The van der Waals surface area contributed by atoms with Crippen molar-refractivity contribution in [1.29, 1.82) is 0 Å². The van der Waals surface area contributed by atoms with Crippen molar-refractivity contribution in [3.8, 4) is 0 Å². The van der Waals surface area contributed by atoms with E-state index in [9.17, 15) is 13.6 Å². The Labute approximate surface area is 126 Å². The molecule has 6 nitrogen and oxygen atoms in total. The van der Waals surface area contributed by atoms with Gasteiger partial charge in [-0.1, -0.05) is 23.4 Å². The average Bonchev–Trinajstić information content (AvgIpc) is 2.89. The molecule has 0 fully saturated rings. The van der Waals surface area contributed by atoms with Crippen LogP contribution < -0.4 is 11.0 Å². The minimum absolute atomic E-state index is 0.0722. The van der Waals surface area contributed by atoms with Gasteiger partial charge in [-0.25, -0.2) is 5.10 Å². The van der Waals surface area contributed by atoms with Crippen LogP contribution in [0.5, 0.6) is 0 Å². The van der Waals surface area contributed by atoms with Gasteiger partial charge in [0, 0.05) is 0 Å². The second-order valence-corrected chi connectivity index (χ2v) is 5.03. The second kappa shape index (κ2) is 7.23. The van der Waals surface area contributed by atoms with Gasteiger partial charge < -0.3 is 4.42 Å². The second-order valence-electron chi connectivity index (χ2n) is 3.67. The van der Waals surface area contributed by atoms with E-state index in [0.717, 1.165) is 0 Å². The van der Waals surface area contributed by atoms with Crippen LogP contribution >= 0.6 is 23.4 Å². The molecule has 0 saturated heterocycles. The minimum atomic E-state index is -2.44. The molecule has 0 aliphatic carbocycles. The highest BCUT2D eigenvalue weighted by atomic mass is 35.5. The summed E-state index contributed by atoms with van der Waals surface area (Å²) in [7, 11) is 0. The summed E-state index contributed by atoms with van der Waals surface area (Å²) in [6.07, 6.45) is 2.63. The van der Waals surface area contributed by atoms with Crippen molar-refractivity contribution in [3.05, 3.63) is 45.2 Å². The Hall–Kier alpha value is -1.87. The van der Waals surface area contributed by atoms with Crippen molar-refractivity contribution in [2.45, 2.75) is 11.5 Å². The maximum atomic E-state index is 12.0. The van der Waals surface area contributed by atoms with Gasteiger partial charge in [-0.15, -0.1) is 0 Å². The third kappa shape index (κ3) is 4.57. The number of aromatic nitrogens is 2. The molecule has 0 atom stereocenters. The molecule has 2 aromatic heterocycles. The molecule has 0 radical (unpaired) electrons. The van der Waals surface area contributed by atoms with Crippen molar-refractivity contribution in [1.82, 2.24) is 10.2 Å². The Kier molecular flexibility index (Phi) is 5.34. The zero-order valence-corrected chi connectivity index (χ0v) is 11.9. The zero-order chi connectivity index (χ0) is 15.2. The monoisotopic (exact) mass is 334 g/mol. The molecule has 10 heteroatoms. The lowest BCUT2D eigenvalue weighted by molar-refractivity contribution is 0.251. The number of aromatic amines is 1. The fourth-order valence-electron chi connectivity index (χ4n) is 1.31. The number of nitrogens with zero attached hydrogens (tertiary/aromatic N) is 2. The lowest BCUT2D eigenvalue weighted by Crippen LogP contribution is -2.09. The third-order valence-electron chi connectivity index (χ3n) is 2.21. The third-order valence-corrected chi connectivity index (χ3v) is 3.28. The van der Waals surface area contributed by atoms with Crippen LogP contribution in [0.1, 0.15) is 11.5 Å². The summed E-state index contributed by atoms with van der Waals surface area (Å²) in [6.45, 7) is 0.